The highest BCUT2D eigenvalue weighted by molar-refractivity contribution is 5.78. The Morgan fingerprint density at radius 1 is 1.40 bits per heavy atom. The first-order valence-electron chi connectivity index (χ1n) is 7.17. The number of nitrogens with zero attached hydrogens (tertiary/aromatic N) is 2. The van der Waals surface area contributed by atoms with Crippen molar-refractivity contribution < 1.29 is 9.90 Å². The number of hydrogen-bond acceptors (Lipinski definition) is 2. The second-order valence-corrected chi connectivity index (χ2v) is 6.05. The largest absolute Gasteiger partial charge is 0.481 e. The van der Waals surface area contributed by atoms with Crippen LogP contribution in [-0.4, -0.2) is 20.6 Å². The van der Waals surface area contributed by atoms with E-state index in [1.54, 1.807) is 0 Å². The van der Waals surface area contributed by atoms with Crippen molar-refractivity contribution in [3.05, 3.63) is 29.6 Å². The lowest BCUT2D eigenvalue weighted by atomic mass is 9.82. The lowest BCUT2D eigenvalue weighted by Gasteiger charge is -2.23. The summed E-state index contributed by atoms with van der Waals surface area (Å²) in [5.41, 5.74) is 2.60. The second-order valence-electron chi connectivity index (χ2n) is 6.05. The van der Waals surface area contributed by atoms with Gasteiger partial charge >= 0.3 is 5.97 Å². The molecule has 1 N–H and O–H groups in total. The van der Waals surface area contributed by atoms with Crippen molar-refractivity contribution >= 4 is 17.0 Å². The topological polar surface area (TPSA) is 55.1 Å². The Kier molecular flexibility index (Phi) is 3.04. The van der Waals surface area contributed by atoms with Gasteiger partial charge in [0.2, 0.25) is 0 Å². The molecule has 106 valence electrons. The molecule has 0 bridgehead atoms. The van der Waals surface area contributed by atoms with Gasteiger partial charge in [0.15, 0.2) is 0 Å². The third kappa shape index (κ3) is 1.99. The number of carboxylic acid groups (broad SMARTS) is 1. The van der Waals surface area contributed by atoms with Crippen molar-refractivity contribution in [3.63, 3.8) is 0 Å². The third-order valence-corrected chi connectivity index (χ3v) is 4.64. The maximum atomic E-state index is 11.7. The molecule has 1 aliphatic carbocycles. The summed E-state index contributed by atoms with van der Waals surface area (Å²) in [5, 5.41) is 9.60. The Hall–Kier alpha value is -1.84. The van der Waals surface area contributed by atoms with Crippen molar-refractivity contribution in [2.75, 3.05) is 0 Å². The number of imidazole rings is 1. The van der Waals surface area contributed by atoms with Gasteiger partial charge in [-0.05, 0) is 37.5 Å². The molecule has 0 unspecified atom stereocenters. The van der Waals surface area contributed by atoms with Gasteiger partial charge in [0.25, 0.3) is 0 Å². The number of hydrogen-bond donors (Lipinski definition) is 1. The summed E-state index contributed by atoms with van der Waals surface area (Å²) in [4.78, 5) is 16.3. The molecular formula is C16H20N2O2. The van der Waals surface area contributed by atoms with Crippen molar-refractivity contribution in [1.29, 1.82) is 0 Å². The van der Waals surface area contributed by atoms with E-state index in [4.69, 9.17) is 0 Å². The van der Waals surface area contributed by atoms with Gasteiger partial charge in [0.05, 0.1) is 16.4 Å². The smallest absolute Gasteiger partial charge is 0.310 e. The average Bonchev–Trinajstić information content (AvgIpc) is 2.97. The fourth-order valence-electron chi connectivity index (χ4n) is 3.34. The van der Waals surface area contributed by atoms with E-state index in [1.165, 1.54) is 5.56 Å². The SMILES string of the molecule is Cc1ccc2c(c1)nc(CC1(C(=O)O)CCCC1)n2C. The molecule has 1 aromatic carbocycles. The number of aromatic nitrogens is 2. The molecule has 20 heavy (non-hydrogen) atoms. The molecule has 0 spiro atoms. The predicted molar refractivity (Wildman–Crippen MR) is 77.7 cm³/mol. The zero-order valence-electron chi connectivity index (χ0n) is 12.0. The van der Waals surface area contributed by atoms with E-state index in [-0.39, 0.29) is 0 Å². The zero-order valence-corrected chi connectivity index (χ0v) is 12.0. The summed E-state index contributed by atoms with van der Waals surface area (Å²) in [5.74, 6) is 0.216. The number of carbonyl (C=O) groups is 1. The van der Waals surface area contributed by atoms with Gasteiger partial charge in [0, 0.05) is 13.5 Å². The van der Waals surface area contributed by atoms with Crippen LogP contribution in [0.2, 0.25) is 0 Å². The average molecular weight is 272 g/mol. The molecule has 1 aromatic heterocycles. The van der Waals surface area contributed by atoms with Crippen LogP contribution in [0.4, 0.5) is 0 Å². The summed E-state index contributed by atoms with van der Waals surface area (Å²) in [6, 6.07) is 6.18. The number of aryl methyl sites for hydroxylation is 2. The van der Waals surface area contributed by atoms with Crippen LogP contribution in [0, 0.1) is 12.3 Å². The minimum absolute atomic E-state index is 0.534. The predicted octanol–water partition coefficient (Wildman–Crippen LogP) is 3.07. The highest BCUT2D eigenvalue weighted by Gasteiger charge is 2.42. The van der Waals surface area contributed by atoms with E-state index in [2.05, 4.69) is 23.2 Å². The Balaban J connectivity index is 2.02. The number of rotatable bonds is 3. The highest BCUT2D eigenvalue weighted by Crippen LogP contribution is 2.41. The quantitative estimate of drug-likeness (QED) is 0.934. The molecular weight excluding hydrogens is 252 g/mol. The molecule has 0 radical (unpaired) electrons. The molecule has 1 heterocycles. The van der Waals surface area contributed by atoms with Crippen molar-refractivity contribution in [2.24, 2.45) is 12.5 Å². The van der Waals surface area contributed by atoms with Crippen LogP contribution < -0.4 is 0 Å². The first kappa shape index (κ1) is 13.2. The lowest BCUT2D eigenvalue weighted by Crippen LogP contribution is -2.31. The van der Waals surface area contributed by atoms with E-state index in [0.717, 1.165) is 42.5 Å². The standard InChI is InChI=1S/C16H20N2O2/c1-11-5-6-13-12(9-11)17-14(18(13)2)10-16(15(19)20)7-3-4-8-16/h5-6,9H,3-4,7-8,10H2,1-2H3,(H,19,20). The molecule has 1 aliphatic rings. The van der Waals surface area contributed by atoms with Crippen molar-refractivity contribution in [1.82, 2.24) is 9.55 Å². The molecule has 0 atom stereocenters. The second kappa shape index (κ2) is 4.62. The van der Waals surface area contributed by atoms with Crippen LogP contribution in [0.3, 0.4) is 0 Å². The van der Waals surface area contributed by atoms with Crippen LogP contribution in [0.1, 0.15) is 37.1 Å². The van der Waals surface area contributed by atoms with Crippen molar-refractivity contribution in [3.8, 4) is 0 Å². The van der Waals surface area contributed by atoms with Crippen LogP contribution in [-0.2, 0) is 18.3 Å². The fraction of sp³-hybridized carbons (Fsp3) is 0.500. The number of fused-ring (bicyclic) bond motifs is 1. The molecule has 1 fully saturated rings. The van der Waals surface area contributed by atoms with E-state index in [9.17, 15) is 9.90 Å². The highest BCUT2D eigenvalue weighted by atomic mass is 16.4. The Labute approximate surface area is 118 Å². The molecule has 0 aliphatic heterocycles. The molecule has 0 amide bonds. The van der Waals surface area contributed by atoms with Gasteiger partial charge < -0.3 is 9.67 Å². The van der Waals surface area contributed by atoms with Gasteiger partial charge in [-0.15, -0.1) is 0 Å². The van der Waals surface area contributed by atoms with Crippen LogP contribution in [0.15, 0.2) is 18.2 Å². The molecule has 4 heteroatoms. The molecule has 0 saturated heterocycles. The zero-order chi connectivity index (χ0) is 14.3. The molecule has 1 saturated carbocycles. The molecule has 2 aromatic rings. The van der Waals surface area contributed by atoms with Gasteiger partial charge in [0.1, 0.15) is 5.82 Å². The maximum absolute atomic E-state index is 11.7. The van der Waals surface area contributed by atoms with Crippen molar-refractivity contribution in [2.45, 2.75) is 39.0 Å². The van der Waals surface area contributed by atoms with Crippen LogP contribution in [0.5, 0.6) is 0 Å². The number of carboxylic acids is 1. The van der Waals surface area contributed by atoms with E-state index in [0.29, 0.717) is 6.42 Å². The summed E-state index contributed by atoms with van der Waals surface area (Å²) >= 11 is 0. The Morgan fingerprint density at radius 2 is 2.10 bits per heavy atom. The summed E-state index contributed by atoms with van der Waals surface area (Å²) in [6.07, 6.45) is 4.09. The number of aliphatic carboxylic acids is 1. The van der Waals surface area contributed by atoms with Gasteiger partial charge in [-0.1, -0.05) is 18.9 Å². The maximum Gasteiger partial charge on any atom is 0.310 e. The van der Waals surface area contributed by atoms with E-state index < -0.39 is 11.4 Å². The summed E-state index contributed by atoms with van der Waals surface area (Å²) < 4.78 is 2.04. The van der Waals surface area contributed by atoms with Gasteiger partial charge in [-0.3, -0.25) is 4.79 Å². The summed E-state index contributed by atoms with van der Waals surface area (Å²) in [6.45, 7) is 2.05. The first-order valence-corrected chi connectivity index (χ1v) is 7.17. The monoisotopic (exact) mass is 272 g/mol. The third-order valence-electron chi connectivity index (χ3n) is 4.64. The minimum Gasteiger partial charge on any atom is -0.481 e. The summed E-state index contributed by atoms with van der Waals surface area (Å²) in [7, 11) is 1.98. The minimum atomic E-state index is -0.668. The lowest BCUT2D eigenvalue weighted by molar-refractivity contribution is -0.148. The fourth-order valence-corrected chi connectivity index (χ4v) is 3.34. The van der Waals surface area contributed by atoms with Gasteiger partial charge in [-0.2, -0.15) is 0 Å². The Bertz CT molecular complexity index is 666. The first-order chi connectivity index (χ1) is 9.52. The van der Waals surface area contributed by atoms with E-state index in [1.807, 2.05) is 18.5 Å². The molecule has 4 nitrogen and oxygen atoms in total. The normalized spacial score (nSPS) is 17.7. The van der Waals surface area contributed by atoms with Crippen LogP contribution >= 0.6 is 0 Å². The van der Waals surface area contributed by atoms with Gasteiger partial charge in [-0.25, -0.2) is 4.98 Å². The molecule has 3 rings (SSSR count). The number of benzene rings is 1. The Morgan fingerprint density at radius 3 is 2.75 bits per heavy atom. The van der Waals surface area contributed by atoms with E-state index >= 15 is 0 Å². The van der Waals surface area contributed by atoms with Crippen LogP contribution in [0.25, 0.3) is 11.0 Å².